The van der Waals surface area contributed by atoms with Crippen LogP contribution in [-0.4, -0.2) is 14.7 Å². The lowest BCUT2D eigenvalue weighted by molar-refractivity contribution is 0.0807. The maximum absolute atomic E-state index is 10.1. The molecule has 1 aromatic carbocycles. The third-order valence-corrected chi connectivity index (χ3v) is 3.88. The van der Waals surface area contributed by atoms with Crippen molar-refractivity contribution in [2.75, 3.05) is 0 Å². The number of fused-ring (bicyclic) bond motifs is 1. The minimum Gasteiger partial charge on any atom is -0.373 e. The summed E-state index contributed by atoms with van der Waals surface area (Å²) in [5, 5.41) is 11.2. The molecule has 1 aromatic heterocycles. The SMILES string of the molecule is OC1CCCc2c(Cl)nc(-c3ccccc3Cl)n21. The maximum Gasteiger partial charge on any atom is 0.151 e. The van der Waals surface area contributed by atoms with E-state index in [9.17, 15) is 5.11 Å². The summed E-state index contributed by atoms with van der Waals surface area (Å²) in [7, 11) is 0. The zero-order valence-electron chi connectivity index (χ0n) is 9.61. The van der Waals surface area contributed by atoms with Crippen molar-refractivity contribution in [3.05, 3.63) is 40.1 Å². The average Bonchev–Trinajstić information content (AvgIpc) is 2.69. The summed E-state index contributed by atoms with van der Waals surface area (Å²) in [6, 6.07) is 7.45. The highest BCUT2D eigenvalue weighted by Gasteiger charge is 2.26. The van der Waals surface area contributed by atoms with Gasteiger partial charge in [0.1, 0.15) is 12.1 Å². The molecular weight excluding hydrogens is 271 g/mol. The lowest BCUT2D eigenvalue weighted by Gasteiger charge is -2.23. The van der Waals surface area contributed by atoms with E-state index in [1.54, 1.807) is 4.57 Å². The van der Waals surface area contributed by atoms with Gasteiger partial charge in [0.05, 0.1) is 10.7 Å². The molecule has 18 heavy (non-hydrogen) atoms. The average molecular weight is 283 g/mol. The van der Waals surface area contributed by atoms with Crippen molar-refractivity contribution >= 4 is 23.2 Å². The topological polar surface area (TPSA) is 38.1 Å². The molecule has 0 bridgehead atoms. The van der Waals surface area contributed by atoms with Crippen molar-refractivity contribution in [1.82, 2.24) is 9.55 Å². The molecule has 1 aliphatic heterocycles. The Morgan fingerprint density at radius 1 is 1.28 bits per heavy atom. The largest absolute Gasteiger partial charge is 0.373 e. The number of rotatable bonds is 1. The number of hydrogen-bond acceptors (Lipinski definition) is 2. The van der Waals surface area contributed by atoms with Gasteiger partial charge in [-0.3, -0.25) is 0 Å². The Labute approximate surface area is 115 Å². The molecule has 0 fully saturated rings. The zero-order valence-corrected chi connectivity index (χ0v) is 11.1. The molecule has 94 valence electrons. The fraction of sp³-hybridized carbons (Fsp3) is 0.308. The number of hydrogen-bond donors (Lipinski definition) is 1. The predicted octanol–water partition coefficient (Wildman–Crippen LogP) is 3.68. The first-order valence-electron chi connectivity index (χ1n) is 5.88. The number of halogens is 2. The summed E-state index contributed by atoms with van der Waals surface area (Å²) in [4.78, 5) is 4.36. The molecule has 1 N–H and O–H groups in total. The van der Waals surface area contributed by atoms with Gasteiger partial charge in [-0.1, -0.05) is 35.3 Å². The molecule has 1 unspecified atom stereocenters. The number of benzene rings is 1. The number of nitrogens with zero attached hydrogens (tertiary/aromatic N) is 2. The second-order valence-electron chi connectivity index (χ2n) is 4.40. The standard InChI is InChI=1S/C13H12Cl2N2O/c14-9-5-2-1-4-8(9)13-16-12(15)10-6-3-7-11(18)17(10)13/h1-2,4-5,11,18H,3,6-7H2. The fourth-order valence-electron chi connectivity index (χ4n) is 2.40. The Morgan fingerprint density at radius 2 is 2.06 bits per heavy atom. The van der Waals surface area contributed by atoms with Crippen LogP contribution in [-0.2, 0) is 6.42 Å². The van der Waals surface area contributed by atoms with E-state index in [0.29, 0.717) is 16.0 Å². The Morgan fingerprint density at radius 3 is 2.83 bits per heavy atom. The van der Waals surface area contributed by atoms with Gasteiger partial charge in [0.15, 0.2) is 5.15 Å². The predicted molar refractivity (Wildman–Crippen MR) is 71.9 cm³/mol. The van der Waals surface area contributed by atoms with E-state index in [1.807, 2.05) is 24.3 Å². The summed E-state index contributed by atoms with van der Waals surface area (Å²) in [6.07, 6.45) is 1.92. The van der Waals surface area contributed by atoms with Crippen LogP contribution in [0.2, 0.25) is 10.2 Å². The van der Waals surface area contributed by atoms with Crippen molar-refractivity contribution < 1.29 is 5.11 Å². The normalized spacial score (nSPS) is 18.7. The molecule has 2 heterocycles. The van der Waals surface area contributed by atoms with Crippen LogP contribution >= 0.6 is 23.2 Å². The van der Waals surface area contributed by atoms with E-state index in [1.165, 1.54) is 0 Å². The number of aliphatic hydroxyl groups excluding tert-OH is 1. The van der Waals surface area contributed by atoms with Crippen molar-refractivity contribution in [2.45, 2.75) is 25.5 Å². The van der Waals surface area contributed by atoms with E-state index < -0.39 is 6.23 Å². The molecule has 1 aliphatic rings. The molecule has 3 rings (SSSR count). The van der Waals surface area contributed by atoms with Crippen molar-refractivity contribution in [3.8, 4) is 11.4 Å². The Hall–Kier alpha value is -1.03. The van der Waals surface area contributed by atoms with E-state index in [4.69, 9.17) is 23.2 Å². The monoisotopic (exact) mass is 282 g/mol. The summed E-state index contributed by atoms with van der Waals surface area (Å²) in [5.74, 6) is 0.646. The number of aromatic nitrogens is 2. The molecular formula is C13H12Cl2N2O. The Bertz CT molecular complexity index is 595. The van der Waals surface area contributed by atoms with E-state index in [2.05, 4.69) is 4.98 Å². The summed E-state index contributed by atoms with van der Waals surface area (Å²) in [5.41, 5.74) is 1.69. The van der Waals surface area contributed by atoms with Gasteiger partial charge in [0.25, 0.3) is 0 Å². The van der Waals surface area contributed by atoms with Gasteiger partial charge < -0.3 is 9.67 Å². The first kappa shape index (κ1) is 12.0. The summed E-state index contributed by atoms with van der Waals surface area (Å²) < 4.78 is 1.80. The van der Waals surface area contributed by atoms with Crippen LogP contribution < -0.4 is 0 Å². The van der Waals surface area contributed by atoms with Crippen LogP contribution in [0.4, 0.5) is 0 Å². The van der Waals surface area contributed by atoms with E-state index >= 15 is 0 Å². The summed E-state index contributed by atoms with van der Waals surface area (Å²) >= 11 is 12.3. The van der Waals surface area contributed by atoms with Crippen LogP contribution in [0, 0.1) is 0 Å². The molecule has 5 heteroatoms. The van der Waals surface area contributed by atoms with Gasteiger partial charge in [0.2, 0.25) is 0 Å². The highest BCUT2D eigenvalue weighted by atomic mass is 35.5. The Kier molecular flexibility index (Phi) is 3.06. The second kappa shape index (κ2) is 4.57. The van der Waals surface area contributed by atoms with Crippen LogP contribution in [0.3, 0.4) is 0 Å². The molecule has 3 nitrogen and oxygen atoms in total. The van der Waals surface area contributed by atoms with Gasteiger partial charge in [-0.25, -0.2) is 4.98 Å². The van der Waals surface area contributed by atoms with Crippen molar-refractivity contribution in [3.63, 3.8) is 0 Å². The minimum absolute atomic E-state index is 0.462. The highest BCUT2D eigenvalue weighted by molar-refractivity contribution is 6.33. The molecule has 0 saturated heterocycles. The zero-order chi connectivity index (χ0) is 12.7. The molecule has 0 aliphatic carbocycles. The fourth-order valence-corrected chi connectivity index (χ4v) is 2.88. The third kappa shape index (κ3) is 1.83. The maximum atomic E-state index is 10.1. The molecule has 0 saturated carbocycles. The molecule has 0 amide bonds. The van der Waals surface area contributed by atoms with Gasteiger partial charge in [-0.05, 0) is 31.4 Å². The van der Waals surface area contributed by atoms with E-state index in [-0.39, 0.29) is 0 Å². The van der Waals surface area contributed by atoms with Gasteiger partial charge >= 0.3 is 0 Å². The smallest absolute Gasteiger partial charge is 0.151 e. The van der Waals surface area contributed by atoms with E-state index in [0.717, 1.165) is 30.5 Å². The highest BCUT2D eigenvalue weighted by Crippen LogP contribution is 2.36. The lowest BCUT2D eigenvalue weighted by atomic mass is 10.1. The van der Waals surface area contributed by atoms with Gasteiger partial charge in [-0.15, -0.1) is 0 Å². The van der Waals surface area contributed by atoms with Crippen LogP contribution in [0.5, 0.6) is 0 Å². The van der Waals surface area contributed by atoms with Crippen LogP contribution in [0.25, 0.3) is 11.4 Å². The minimum atomic E-state index is -0.569. The molecule has 0 radical (unpaired) electrons. The van der Waals surface area contributed by atoms with Crippen LogP contribution in [0.15, 0.2) is 24.3 Å². The number of imidazole rings is 1. The van der Waals surface area contributed by atoms with Gasteiger partial charge in [0, 0.05) is 5.56 Å². The van der Waals surface area contributed by atoms with Gasteiger partial charge in [-0.2, -0.15) is 0 Å². The number of aliphatic hydroxyl groups is 1. The van der Waals surface area contributed by atoms with Crippen molar-refractivity contribution in [2.24, 2.45) is 0 Å². The van der Waals surface area contributed by atoms with Crippen molar-refractivity contribution in [1.29, 1.82) is 0 Å². The Balaban J connectivity index is 2.22. The lowest BCUT2D eigenvalue weighted by Crippen LogP contribution is -2.18. The second-order valence-corrected chi connectivity index (χ2v) is 5.16. The van der Waals surface area contributed by atoms with Crippen LogP contribution in [0.1, 0.15) is 24.8 Å². The third-order valence-electron chi connectivity index (χ3n) is 3.25. The first-order valence-corrected chi connectivity index (χ1v) is 6.63. The quantitative estimate of drug-likeness (QED) is 0.866. The first-order chi connectivity index (χ1) is 8.68. The molecule has 2 aromatic rings. The molecule has 1 atom stereocenters. The molecule has 0 spiro atoms. The summed E-state index contributed by atoms with van der Waals surface area (Å²) in [6.45, 7) is 0.